The fourth-order valence-corrected chi connectivity index (χ4v) is 3.25. The average Bonchev–Trinajstić information content (AvgIpc) is 3.23. The van der Waals surface area contributed by atoms with E-state index < -0.39 is 11.9 Å². The Balaban J connectivity index is 2.02. The molecule has 158 valence electrons. The van der Waals surface area contributed by atoms with Gasteiger partial charge in [0.15, 0.2) is 5.76 Å². The van der Waals surface area contributed by atoms with E-state index in [0.717, 1.165) is 24.4 Å². The van der Waals surface area contributed by atoms with Gasteiger partial charge in [0, 0.05) is 0 Å². The smallest absolute Gasteiger partial charge is 0.305 e. The first kappa shape index (κ1) is 22.6. The summed E-state index contributed by atoms with van der Waals surface area (Å²) in [5.74, 6) is 0.126. The zero-order chi connectivity index (χ0) is 21.2. The lowest BCUT2D eigenvalue weighted by Gasteiger charge is -2.28. The van der Waals surface area contributed by atoms with Gasteiger partial charge < -0.3 is 4.42 Å². The minimum atomic E-state index is -0.485. The first-order valence-electron chi connectivity index (χ1n) is 10.2. The first-order valence-corrected chi connectivity index (χ1v) is 10.2. The number of hydrogen-bond donors (Lipinski definition) is 2. The molecule has 0 radical (unpaired) electrons. The van der Waals surface area contributed by atoms with Crippen molar-refractivity contribution in [2.24, 2.45) is 0 Å². The Morgan fingerprint density at radius 1 is 0.897 bits per heavy atom. The van der Waals surface area contributed by atoms with Crippen molar-refractivity contribution in [2.75, 3.05) is 26.2 Å². The van der Waals surface area contributed by atoms with Crippen LogP contribution in [-0.4, -0.2) is 47.8 Å². The molecule has 1 unspecified atom stereocenters. The number of nitrogens with zero attached hydrogens (tertiary/aromatic N) is 2. The lowest BCUT2D eigenvalue weighted by atomic mass is 10.0. The summed E-state index contributed by atoms with van der Waals surface area (Å²) in [4.78, 5) is 29.5. The van der Waals surface area contributed by atoms with E-state index in [0.29, 0.717) is 19.6 Å². The molecule has 0 aliphatic heterocycles. The summed E-state index contributed by atoms with van der Waals surface area (Å²) in [6, 6.07) is 12.5. The van der Waals surface area contributed by atoms with Gasteiger partial charge >= 0.3 is 5.91 Å². The molecular weight excluding hydrogens is 368 g/mol. The van der Waals surface area contributed by atoms with E-state index in [1.165, 1.54) is 0 Å². The van der Waals surface area contributed by atoms with E-state index in [9.17, 15) is 9.59 Å². The molecule has 1 aromatic carbocycles. The summed E-state index contributed by atoms with van der Waals surface area (Å²) >= 11 is 0. The number of carbonyl (C=O) groups is 2. The van der Waals surface area contributed by atoms with Crippen molar-refractivity contribution in [3.05, 3.63) is 59.5 Å². The second kappa shape index (κ2) is 11.4. The Hall–Kier alpha value is -2.64. The van der Waals surface area contributed by atoms with Crippen molar-refractivity contribution in [3.8, 4) is 0 Å². The van der Waals surface area contributed by atoms with Gasteiger partial charge in [0.25, 0.3) is 5.91 Å². The highest BCUT2D eigenvalue weighted by Crippen LogP contribution is 2.20. The van der Waals surface area contributed by atoms with Crippen LogP contribution in [0.1, 0.15) is 55.6 Å². The van der Waals surface area contributed by atoms with E-state index in [-0.39, 0.29) is 11.7 Å². The van der Waals surface area contributed by atoms with E-state index in [2.05, 4.69) is 29.6 Å². The molecule has 7 nitrogen and oxygen atoms in total. The maximum absolute atomic E-state index is 12.9. The summed E-state index contributed by atoms with van der Waals surface area (Å²) in [5, 5.41) is 0. The highest BCUT2D eigenvalue weighted by atomic mass is 16.4. The molecule has 2 amide bonds. The number of furan rings is 1. The molecule has 29 heavy (non-hydrogen) atoms. The van der Waals surface area contributed by atoms with Gasteiger partial charge in [0.05, 0.1) is 6.54 Å². The van der Waals surface area contributed by atoms with Crippen LogP contribution in [0.3, 0.4) is 0 Å². The van der Waals surface area contributed by atoms with E-state index in [1.54, 1.807) is 12.1 Å². The van der Waals surface area contributed by atoms with Crippen molar-refractivity contribution < 1.29 is 14.0 Å². The number of hydrogen-bond acceptors (Lipinski definition) is 5. The monoisotopic (exact) mass is 400 g/mol. The molecular formula is C22H32N4O3. The van der Waals surface area contributed by atoms with Crippen LogP contribution in [0.15, 0.2) is 46.9 Å². The lowest BCUT2D eigenvalue weighted by molar-refractivity contribution is -0.127. The third-order valence-corrected chi connectivity index (χ3v) is 5.00. The third-order valence-electron chi connectivity index (χ3n) is 5.00. The summed E-state index contributed by atoms with van der Waals surface area (Å²) in [6.07, 6.45) is 0. The van der Waals surface area contributed by atoms with Gasteiger partial charge in [-0.05, 0) is 43.9 Å². The van der Waals surface area contributed by atoms with Crippen molar-refractivity contribution in [3.63, 3.8) is 0 Å². The Morgan fingerprint density at radius 3 is 2.14 bits per heavy atom. The van der Waals surface area contributed by atoms with Crippen LogP contribution in [-0.2, 0) is 11.3 Å². The highest BCUT2D eigenvalue weighted by molar-refractivity contribution is 5.93. The molecule has 7 heteroatoms. The van der Waals surface area contributed by atoms with Gasteiger partial charge in [-0.3, -0.25) is 30.2 Å². The van der Waals surface area contributed by atoms with Gasteiger partial charge in [-0.1, -0.05) is 58.0 Å². The molecule has 2 N–H and O–H groups in total. The minimum absolute atomic E-state index is 0.173. The molecule has 0 saturated carbocycles. The first-order chi connectivity index (χ1) is 14.0. The minimum Gasteiger partial charge on any atom is -0.454 e. The molecule has 0 fully saturated rings. The molecule has 0 saturated heterocycles. The van der Waals surface area contributed by atoms with Crippen LogP contribution in [0.4, 0.5) is 0 Å². The van der Waals surface area contributed by atoms with Gasteiger partial charge in [0.1, 0.15) is 11.8 Å². The number of likely N-dealkylation sites (N-methyl/N-ethyl adjacent to an activating group) is 1. The normalized spacial score (nSPS) is 12.2. The second-order valence-corrected chi connectivity index (χ2v) is 6.71. The average molecular weight is 401 g/mol. The van der Waals surface area contributed by atoms with Gasteiger partial charge in [0.2, 0.25) is 0 Å². The summed E-state index contributed by atoms with van der Waals surface area (Å²) in [5.41, 5.74) is 5.90. The van der Waals surface area contributed by atoms with Crippen LogP contribution in [0, 0.1) is 0 Å². The predicted octanol–water partition coefficient (Wildman–Crippen LogP) is 2.97. The SMILES string of the molecule is CCN(CC)Cc1ccc(C(=O)NNC(=O)C(c2ccccc2)N(CC)CC)o1. The van der Waals surface area contributed by atoms with Crippen LogP contribution in [0.2, 0.25) is 0 Å². The van der Waals surface area contributed by atoms with Crippen LogP contribution < -0.4 is 10.9 Å². The number of hydrazine groups is 1. The number of benzene rings is 1. The van der Waals surface area contributed by atoms with E-state index in [4.69, 9.17) is 4.42 Å². The van der Waals surface area contributed by atoms with Gasteiger partial charge in [-0.15, -0.1) is 0 Å². The maximum Gasteiger partial charge on any atom is 0.305 e. The third kappa shape index (κ3) is 6.17. The Morgan fingerprint density at radius 2 is 1.55 bits per heavy atom. The largest absolute Gasteiger partial charge is 0.454 e. The van der Waals surface area contributed by atoms with Crippen molar-refractivity contribution in [1.82, 2.24) is 20.7 Å². The molecule has 1 aromatic heterocycles. The molecule has 0 aliphatic carbocycles. The van der Waals surface area contributed by atoms with Crippen molar-refractivity contribution >= 4 is 11.8 Å². The van der Waals surface area contributed by atoms with Crippen LogP contribution in [0.5, 0.6) is 0 Å². The topological polar surface area (TPSA) is 77.8 Å². The molecule has 1 heterocycles. The fraction of sp³-hybridized carbons (Fsp3) is 0.455. The molecule has 0 bridgehead atoms. The van der Waals surface area contributed by atoms with Crippen molar-refractivity contribution in [1.29, 1.82) is 0 Å². The zero-order valence-corrected chi connectivity index (χ0v) is 17.8. The molecule has 1 atom stereocenters. The summed E-state index contributed by atoms with van der Waals surface area (Å²) < 4.78 is 5.63. The predicted molar refractivity (Wildman–Crippen MR) is 113 cm³/mol. The Labute approximate surface area is 173 Å². The van der Waals surface area contributed by atoms with Crippen molar-refractivity contribution in [2.45, 2.75) is 40.3 Å². The maximum atomic E-state index is 12.9. The number of carbonyl (C=O) groups excluding carboxylic acids is 2. The fourth-order valence-electron chi connectivity index (χ4n) is 3.25. The molecule has 0 aliphatic rings. The molecule has 0 spiro atoms. The highest BCUT2D eigenvalue weighted by Gasteiger charge is 2.26. The number of rotatable bonds is 10. The van der Waals surface area contributed by atoms with E-state index >= 15 is 0 Å². The molecule has 2 aromatic rings. The Kier molecular flexibility index (Phi) is 8.89. The van der Waals surface area contributed by atoms with Crippen LogP contribution in [0.25, 0.3) is 0 Å². The summed E-state index contributed by atoms with van der Waals surface area (Å²) in [6.45, 7) is 12.0. The zero-order valence-electron chi connectivity index (χ0n) is 17.8. The second-order valence-electron chi connectivity index (χ2n) is 6.71. The van der Waals surface area contributed by atoms with Gasteiger partial charge in [-0.25, -0.2) is 0 Å². The Bertz CT molecular complexity index is 767. The van der Waals surface area contributed by atoms with Crippen LogP contribution >= 0.6 is 0 Å². The lowest BCUT2D eigenvalue weighted by Crippen LogP contribution is -2.48. The standard InChI is InChI=1S/C22H32N4O3/c1-5-25(6-2)16-18-14-15-19(29-18)21(27)23-24-22(28)20(26(7-3)8-4)17-12-10-9-11-13-17/h9-15,20H,5-8,16H2,1-4H3,(H,23,27)(H,24,28). The number of nitrogens with one attached hydrogen (secondary N) is 2. The molecule has 2 rings (SSSR count). The summed E-state index contributed by atoms with van der Waals surface area (Å²) in [7, 11) is 0. The quantitative estimate of drug-likeness (QED) is 0.600. The number of amides is 2. The van der Waals surface area contributed by atoms with E-state index in [1.807, 2.05) is 49.1 Å². The van der Waals surface area contributed by atoms with Gasteiger partial charge in [-0.2, -0.15) is 0 Å².